The largest absolute Gasteiger partial charge is 0.467 e. The van der Waals surface area contributed by atoms with Gasteiger partial charge in [-0.05, 0) is 55.2 Å². The summed E-state index contributed by atoms with van der Waals surface area (Å²) in [5.41, 5.74) is 2.26. The van der Waals surface area contributed by atoms with Crippen LogP contribution in [0.4, 0.5) is 0 Å². The van der Waals surface area contributed by atoms with Crippen molar-refractivity contribution >= 4 is 17.7 Å². The Bertz CT molecular complexity index is 1140. The molecule has 0 saturated carbocycles. The lowest BCUT2D eigenvalue weighted by Crippen LogP contribution is -2.36. The normalized spacial score (nSPS) is 18.0. The number of nitrogens with zero attached hydrogens (tertiary/aromatic N) is 2. The lowest BCUT2D eigenvalue weighted by atomic mass is 10.0. The van der Waals surface area contributed by atoms with Crippen LogP contribution in [0.25, 0.3) is 0 Å². The van der Waals surface area contributed by atoms with Gasteiger partial charge in [0.1, 0.15) is 5.76 Å². The van der Waals surface area contributed by atoms with Crippen LogP contribution in [0.5, 0.6) is 0 Å². The smallest absolute Gasteiger partial charge is 0.261 e. The van der Waals surface area contributed by atoms with E-state index in [1.807, 2.05) is 23.1 Å². The van der Waals surface area contributed by atoms with E-state index in [0.29, 0.717) is 23.4 Å². The summed E-state index contributed by atoms with van der Waals surface area (Å²) < 4.78 is 5.27. The first-order valence-corrected chi connectivity index (χ1v) is 10.5. The van der Waals surface area contributed by atoms with Gasteiger partial charge in [0.15, 0.2) is 0 Å². The van der Waals surface area contributed by atoms with Crippen LogP contribution in [0.3, 0.4) is 0 Å². The van der Waals surface area contributed by atoms with Crippen molar-refractivity contribution in [2.75, 3.05) is 6.54 Å². The van der Waals surface area contributed by atoms with Gasteiger partial charge in [-0.3, -0.25) is 19.3 Å². The molecule has 2 aliphatic rings. The monoisotopic (exact) mass is 414 g/mol. The van der Waals surface area contributed by atoms with E-state index in [4.69, 9.17) is 4.42 Å². The van der Waals surface area contributed by atoms with Crippen LogP contribution in [0, 0.1) is 0 Å². The lowest BCUT2D eigenvalue weighted by Gasteiger charge is -2.25. The molecule has 0 N–H and O–H groups in total. The van der Waals surface area contributed by atoms with E-state index in [-0.39, 0.29) is 30.0 Å². The van der Waals surface area contributed by atoms with Crippen LogP contribution in [0.2, 0.25) is 0 Å². The van der Waals surface area contributed by atoms with Gasteiger partial charge in [-0.2, -0.15) is 0 Å². The second-order valence-corrected chi connectivity index (χ2v) is 8.02. The van der Waals surface area contributed by atoms with Crippen LogP contribution in [-0.2, 0) is 13.0 Å². The highest BCUT2D eigenvalue weighted by atomic mass is 16.3. The molecular weight excluding hydrogens is 392 g/mol. The van der Waals surface area contributed by atoms with Crippen LogP contribution in [-0.4, -0.2) is 40.1 Å². The van der Waals surface area contributed by atoms with Crippen molar-refractivity contribution in [3.05, 3.63) is 94.9 Å². The topological polar surface area (TPSA) is 70.8 Å². The van der Waals surface area contributed by atoms with Crippen molar-refractivity contribution in [2.45, 2.75) is 31.8 Å². The fourth-order valence-electron chi connectivity index (χ4n) is 4.49. The van der Waals surface area contributed by atoms with Crippen molar-refractivity contribution < 1.29 is 18.8 Å². The molecule has 3 heterocycles. The molecule has 1 atom stereocenters. The summed E-state index contributed by atoms with van der Waals surface area (Å²) in [6.45, 7) is 0.777. The molecule has 1 saturated heterocycles. The number of imide groups is 1. The minimum Gasteiger partial charge on any atom is -0.467 e. The molecule has 1 unspecified atom stereocenters. The number of rotatable bonds is 5. The number of amides is 3. The summed E-state index contributed by atoms with van der Waals surface area (Å²) in [7, 11) is 0. The Kier molecular flexibility index (Phi) is 4.90. The third-order valence-corrected chi connectivity index (χ3v) is 6.06. The molecule has 1 aromatic heterocycles. The highest BCUT2D eigenvalue weighted by Gasteiger charge is 2.37. The Morgan fingerprint density at radius 3 is 2.55 bits per heavy atom. The molecule has 2 aromatic carbocycles. The number of fused-ring (bicyclic) bond motifs is 1. The molecule has 3 amide bonds. The number of hydrogen-bond donors (Lipinski definition) is 0. The number of benzene rings is 2. The number of carbonyl (C=O) groups is 3. The van der Waals surface area contributed by atoms with Gasteiger partial charge in [0, 0.05) is 18.2 Å². The zero-order chi connectivity index (χ0) is 21.4. The summed E-state index contributed by atoms with van der Waals surface area (Å²) >= 11 is 0. The molecule has 0 spiro atoms. The molecule has 1 fully saturated rings. The summed E-state index contributed by atoms with van der Waals surface area (Å²) in [4.78, 5) is 41.9. The first-order chi connectivity index (χ1) is 15.1. The Morgan fingerprint density at radius 2 is 1.77 bits per heavy atom. The first kappa shape index (κ1) is 19.3. The fraction of sp³-hybridized carbons (Fsp3) is 0.240. The van der Waals surface area contributed by atoms with Crippen LogP contribution >= 0.6 is 0 Å². The Morgan fingerprint density at radius 1 is 0.968 bits per heavy atom. The maximum absolute atomic E-state index is 13.3. The van der Waals surface area contributed by atoms with Crippen molar-refractivity contribution in [1.82, 2.24) is 9.80 Å². The minimum absolute atomic E-state index is 0.0773. The first-order valence-electron chi connectivity index (χ1n) is 10.5. The molecule has 2 aliphatic heterocycles. The van der Waals surface area contributed by atoms with Gasteiger partial charge >= 0.3 is 0 Å². The summed E-state index contributed by atoms with van der Waals surface area (Å²) in [5, 5.41) is 0. The molecule has 0 aliphatic carbocycles. The van der Waals surface area contributed by atoms with Crippen molar-refractivity contribution in [1.29, 1.82) is 0 Å². The predicted molar refractivity (Wildman–Crippen MR) is 114 cm³/mol. The van der Waals surface area contributed by atoms with Gasteiger partial charge < -0.3 is 9.32 Å². The van der Waals surface area contributed by atoms with E-state index >= 15 is 0 Å². The summed E-state index contributed by atoms with van der Waals surface area (Å²) in [5.74, 6) is -0.315. The fourth-order valence-corrected chi connectivity index (χ4v) is 4.49. The van der Waals surface area contributed by atoms with E-state index < -0.39 is 5.91 Å². The van der Waals surface area contributed by atoms with Gasteiger partial charge in [0.2, 0.25) is 0 Å². The molecule has 3 aromatic rings. The Balaban J connectivity index is 1.36. The second-order valence-electron chi connectivity index (χ2n) is 8.02. The molecule has 6 nitrogen and oxygen atoms in total. The SMILES string of the molecule is O=C1c2ccc(C(=O)N3CCCC3Cc3ccccc3)cc2C(=O)N1Cc1ccco1. The maximum atomic E-state index is 13.3. The highest BCUT2D eigenvalue weighted by Crippen LogP contribution is 2.28. The van der Waals surface area contributed by atoms with Crippen molar-refractivity contribution in [3.63, 3.8) is 0 Å². The predicted octanol–water partition coefficient (Wildman–Crippen LogP) is 3.92. The van der Waals surface area contributed by atoms with E-state index in [2.05, 4.69) is 12.1 Å². The third kappa shape index (κ3) is 3.54. The van der Waals surface area contributed by atoms with E-state index in [0.717, 1.165) is 24.2 Å². The molecule has 6 heteroatoms. The van der Waals surface area contributed by atoms with Gasteiger partial charge in [0.05, 0.1) is 23.9 Å². The zero-order valence-corrected chi connectivity index (χ0v) is 17.0. The number of furan rings is 1. The summed E-state index contributed by atoms with van der Waals surface area (Å²) in [6, 6.07) is 18.5. The quantitative estimate of drug-likeness (QED) is 0.593. The molecule has 156 valence electrons. The highest BCUT2D eigenvalue weighted by molar-refractivity contribution is 6.22. The molecule has 0 radical (unpaired) electrons. The van der Waals surface area contributed by atoms with Crippen LogP contribution < -0.4 is 0 Å². The molecular formula is C25H22N2O4. The van der Waals surface area contributed by atoms with Crippen molar-refractivity contribution in [3.8, 4) is 0 Å². The van der Waals surface area contributed by atoms with E-state index in [1.54, 1.807) is 30.3 Å². The summed E-state index contributed by atoms with van der Waals surface area (Å²) in [6.07, 6.45) is 4.24. The standard InChI is InChI=1S/C25H22N2O4/c28-23(26-12-4-8-19(26)14-17-6-2-1-3-7-17)18-10-11-21-22(15-18)25(30)27(24(21)29)16-20-9-5-13-31-20/h1-3,5-7,9-11,13,15,19H,4,8,12,14,16H2. The molecule has 5 rings (SSSR count). The lowest BCUT2D eigenvalue weighted by molar-refractivity contribution is 0.0631. The minimum atomic E-state index is -0.395. The zero-order valence-electron chi connectivity index (χ0n) is 17.0. The average Bonchev–Trinajstić information content (AvgIpc) is 3.52. The van der Waals surface area contributed by atoms with E-state index in [1.165, 1.54) is 11.8 Å². The molecule has 0 bridgehead atoms. The number of hydrogen-bond acceptors (Lipinski definition) is 4. The Hall–Kier alpha value is -3.67. The number of likely N-dealkylation sites (tertiary alicyclic amines) is 1. The van der Waals surface area contributed by atoms with Crippen LogP contribution in [0.15, 0.2) is 71.3 Å². The van der Waals surface area contributed by atoms with E-state index in [9.17, 15) is 14.4 Å². The Labute approximate surface area is 180 Å². The van der Waals surface area contributed by atoms with Crippen molar-refractivity contribution in [2.24, 2.45) is 0 Å². The van der Waals surface area contributed by atoms with Gasteiger partial charge in [-0.1, -0.05) is 30.3 Å². The van der Waals surface area contributed by atoms with Gasteiger partial charge in [-0.15, -0.1) is 0 Å². The average molecular weight is 414 g/mol. The molecule has 31 heavy (non-hydrogen) atoms. The third-order valence-electron chi connectivity index (χ3n) is 6.06. The second kappa shape index (κ2) is 7.87. The number of carbonyl (C=O) groups excluding carboxylic acids is 3. The van der Waals surface area contributed by atoms with Crippen LogP contribution in [0.1, 0.15) is 55.2 Å². The van der Waals surface area contributed by atoms with Gasteiger partial charge in [-0.25, -0.2) is 0 Å². The maximum Gasteiger partial charge on any atom is 0.261 e. The van der Waals surface area contributed by atoms with Gasteiger partial charge in [0.25, 0.3) is 17.7 Å².